The van der Waals surface area contributed by atoms with Gasteiger partial charge in [-0.15, -0.1) is 0 Å². The number of rotatable bonds is 5. The van der Waals surface area contributed by atoms with Crippen molar-refractivity contribution in [1.29, 1.82) is 0 Å². The first-order valence-electron chi connectivity index (χ1n) is 7.75. The quantitative estimate of drug-likeness (QED) is 0.916. The highest BCUT2D eigenvalue weighted by atomic mass is 32.2. The summed E-state index contributed by atoms with van der Waals surface area (Å²) in [5.41, 5.74) is 2.43. The molecule has 1 saturated heterocycles. The van der Waals surface area contributed by atoms with Gasteiger partial charge in [-0.05, 0) is 37.7 Å². The van der Waals surface area contributed by atoms with Crippen LogP contribution in [0.5, 0.6) is 0 Å². The van der Waals surface area contributed by atoms with E-state index in [-0.39, 0.29) is 0 Å². The molecule has 4 heteroatoms. The fourth-order valence-electron chi connectivity index (χ4n) is 2.88. The van der Waals surface area contributed by atoms with Crippen LogP contribution in [0.2, 0.25) is 0 Å². The average molecular weight is 301 g/mol. The normalized spacial score (nSPS) is 18.8. The van der Waals surface area contributed by atoms with Crippen molar-refractivity contribution in [3.05, 3.63) is 48.0 Å². The number of hydrogen-bond donors (Lipinski definition) is 1. The van der Waals surface area contributed by atoms with Gasteiger partial charge in [-0.25, -0.2) is 4.98 Å². The number of aromatic nitrogens is 2. The lowest BCUT2D eigenvalue weighted by Crippen LogP contribution is -2.27. The van der Waals surface area contributed by atoms with E-state index in [0.29, 0.717) is 0 Å². The van der Waals surface area contributed by atoms with E-state index >= 15 is 0 Å². The first-order valence-corrected chi connectivity index (χ1v) is 8.80. The summed E-state index contributed by atoms with van der Waals surface area (Å²) >= 11 is 2.12. The van der Waals surface area contributed by atoms with Crippen LogP contribution in [0.1, 0.15) is 30.8 Å². The zero-order valence-electron chi connectivity index (χ0n) is 12.6. The first kappa shape index (κ1) is 14.7. The van der Waals surface area contributed by atoms with Crippen LogP contribution < -0.4 is 5.32 Å². The van der Waals surface area contributed by atoms with Crippen molar-refractivity contribution in [2.45, 2.75) is 38.0 Å². The molecule has 1 aliphatic heterocycles. The third-order valence-electron chi connectivity index (χ3n) is 3.98. The molecule has 3 nitrogen and oxygen atoms in total. The summed E-state index contributed by atoms with van der Waals surface area (Å²) in [4.78, 5) is 4.48. The van der Waals surface area contributed by atoms with Crippen LogP contribution in [0.4, 0.5) is 0 Å². The third-order valence-corrected chi connectivity index (χ3v) is 5.38. The molecule has 0 aliphatic carbocycles. The molecule has 2 aromatic rings. The second-order valence-corrected chi connectivity index (χ2v) is 7.00. The van der Waals surface area contributed by atoms with Crippen LogP contribution in [0.3, 0.4) is 0 Å². The van der Waals surface area contributed by atoms with E-state index in [4.69, 9.17) is 0 Å². The van der Waals surface area contributed by atoms with Gasteiger partial charge in [0.1, 0.15) is 5.82 Å². The van der Waals surface area contributed by atoms with Crippen LogP contribution in [0, 0.1) is 6.92 Å². The Hall–Kier alpha value is -1.26. The fourth-order valence-corrected chi connectivity index (χ4v) is 4.15. The molecule has 0 amide bonds. The number of nitrogens with zero attached hydrogens (tertiary/aromatic N) is 2. The Morgan fingerprint density at radius 2 is 2.14 bits per heavy atom. The van der Waals surface area contributed by atoms with Crippen molar-refractivity contribution < 1.29 is 0 Å². The summed E-state index contributed by atoms with van der Waals surface area (Å²) in [5.74, 6) is 2.37. The summed E-state index contributed by atoms with van der Waals surface area (Å²) in [5, 5.41) is 4.40. The maximum absolute atomic E-state index is 4.48. The smallest absolute Gasteiger partial charge is 0.110 e. The number of benzene rings is 1. The van der Waals surface area contributed by atoms with Crippen molar-refractivity contribution in [2.75, 3.05) is 12.3 Å². The molecule has 1 atom stereocenters. The summed E-state index contributed by atoms with van der Waals surface area (Å²) < 4.78 is 2.24. The van der Waals surface area contributed by atoms with Gasteiger partial charge in [-0.2, -0.15) is 11.8 Å². The number of hydrogen-bond acceptors (Lipinski definition) is 3. The highest BCUT2D eigenvalue weighted by molar-refractivity contribution is 7.99. The Balaban J connectivity index is 1.63. The fraction of sp³-hybridized carbons (Fsp3) is 0.471. The molecule has 1 unspecified atom stereocenters. The predicted molar refractivity (Wildman–Crippen MR) is 90.1 cm³/mol. The van der Waals surface area contributed by atoms with Gasteiger partial charge >= 0.3 is 0 Å². The second-order valence-electron chi connectivity index (χ2n) is 5.59. The molecule has 21 heavy (non-hydrogen) atoms. The van der Waals surface area contributed by atoms with Gasteiger partial charge in [0.2, 0.25) is 0 Å². The maximum Gasteiger partial charge on any atom is 0.110 e. The molecule has 1 aromatic carbocycles. The summed E-state index contributed by atoms with van der Waals surface area (Å²) in [6, 6.07) is 10.5. The summed E-state index contributed by atoms with van der Waals surface area (Å²) in [6.45, 7) is 4.05. The standard InChI is InChI=1S/C17H23N3S/c1-14-19-12-16(20(14)15-7-3-2-4-8-15)11-18-13-17-9-5-6-10-21-17/h2-4,7-8,12,17-18H,5-6,9-11,13H2,1H3. The van der Waals surface area contributed by atoms with E-state index in [1.54, 1.807) is 0 Å². The Morgan fingerprint density at radius 3 is 2.90 bits per heavy atom. The first-order chi connectivity index (χ1) is 10.3. The molecule has 1 aliphatic rings. The molecule has 3 rings (SSSR count). The zero-order chi connectivity index (χ0) is 14.5. The lowest BCUT2D eigenvalue weighted by molar-refractivity contribution is 0.590. The number of imidazole rings is 1. The van der Waals surface area contributed by atoms with E-state index < -0.39 is 0 Å². The molecule has 0 bridgehead atoms. The van der Waals surface area contributed by atoms with Gasteiger partial charge in [-0.1, -0.05) is 24.6 Å². The topological polar surface area (TPSA) is 29.9 Å². The van der Waals surface area contributed by atoms with E-state index in [9.17, 15) is 0 Å². The van der Waals surface area contributed by atoms with E-state index in [2.05, 4.69) is 57.8 Å². The van der Waals surface area contributed by atoms with Gasteiger partial charge in [-0.3, -0.25) is 4.57 Å². The van der Waals surface area contributed by atoms with Gasteiger partial charge in [0.15, 0.2) is 0 Å². The molecule has 0 radical (unpaired) electrons. The minimum atomic E-state index is 0.785. The van der Waals surface area contributed by atoms with E-state index in [0.717, 1.165) is 24.2 Å². The average Bonchev–Trinajstić information content (AvgIpc) is 2.90. The van der Waals surface area contributed by atoms with Crippen LogP contribution in [0.25, 0.3) is 5.69 Å². The lowest BCUT2D eigenvalue weighted by Gasteiger charge is -2.21. The van der Waals surface area contributed by atoms with Crippen molar-refractivity contribution in [2.24, 2.45) is 0 Å². The molecule has 1 fully saturated rings. The zero-order valence-corrected chi connectivity index (χ0v) is 13.4. The van der Waals surface area contributed by atoms with E-state index in [1.165, 1.54) is 36.4 Å². The molecule has 0 spiro atoms. The van der Waals surface area contributed by atoms with Crippen molar-refractivity contribution in [3.63, 3.8) is 0 Å². The van der Waals surface area contributed by atoms with Crippen LogP contribution in [-0.2, 0) is 6.54 Å². The maximum atomic E-state index is 4.48. The Morgan fingerprint density at radius 1 is 1.29 bits per heavy atom. The summed E-state index contributed by atoms with van der Waals surface area (Å²) in [6.07, 6.45) is 6.12. The van der Waals surface area contributed by atoms with Gasteiger partial charge in [0.05, 0.1) is 11.9 Å². The lowest BCUT2D eigenvalue weighted by atomic mass is 10.2. The molecule has 1 N–H and O–H groups in total. The Labute approximate surface area is 131 Å². The van der Waals surface area contributed by atoms with Gasteiger partial charge in [0, 0.05) is 24.0 Å². The summed E-state index contributed by atoms with van der Waals surface area (Å²) in [7, 11) is 0. The van der Waals surface area contributed by atoms with E-state index in [1.807, 2.05) is 12.3 Å². The number of thioether (sulfide) groups is 1. The molecular weight excluding hydrogens is 278 g/mol. The molecule has 0 saturated carbocycles. The monoisotopic (exact) mass is 301 g/mol. The van der Waals surface area contributed by atoms with Crippen LogP contribution >= 0.6 is 11.8 Å². The number of nitrogens with one attached hydrogen (secondary N) is 1. The molecule has 2 heterocycles. The number of aryl methyl sites for hydroxylation is 1. The minimum Gasteiger partial charge on any atom is -0.310 e. The van der Waals surface area contributed by atoms with Crippen LogP contribution in [0.15, 0.2) is 36.5 Å². The largest absolute Gasteiger partial charge is 0.310 e. The van der Waals surface area contributed by atoms with Crippen molar-refractivity contribution in [3.8, 4) is 5.69 Å². The SMILES string of the molecule is Cc1ncc(CNCC2CCCCS2)n1-c1ccccc1. The molecular formula is C17H23N3S. The second kappa shape index (κ2) is 7.14. The molecule has 112 valence electrons. The van der Waals surface area contributed by atoms with Crippen molar-refractivity contribution in [1.82, 2.24) is 14.9 Å². The number of para-hydroxylation sites is 1. The highest BCUT2D eigenvalue weighted by Gasteiger charge is 2.14. The molecule has 1 aromatic heterocycles. The Kier molecular flexibility index (Phi) is 4.99. The Bertz CT molecular complexity index is 559. The van der Waals surface area contributed by atoms with Gasteiger partial charge in [0.25, 0.3) is 0 Å². The van der Waals surface area contributed by atoms with Crippen LogP contribution in [-0.4, -0.2) is 27.1 Å². The minimum absolute atomic E-state index is 0.785. The van der Waals surface area contributed by atoms with Crippen molar-refractivity contribution >= 4 is 11.8 Å². The third kappa shape index (κ3) is 3.69. The highest BCUT2D eigenvalue weighted by Crippen LogP contribution is 2.24. The van der Waals surface area contributed by atoms with Gasteiger partial charge < -0.3 is 5.32 Å². The predicted octanol–water partition coefficient (Wildman–Crippen LogP) is 3.56.